The van der Waals surface area contributed by atoms with Crippen LogP contribution in [0.2, 0.25) is 0 Å². The molecule has 1 saturated heterocycles. The van der Waals surface area contributed by atoms with Crippen LogP contribution in [0, 0.1) is 0 Å². The number of carbonyl (C=O) groups excluding carboxylic acids is 1. The fourth-order valence-electron chi connectivity index (χ4n) is 4.61. The average Bonchev–Trinajstić information content (AvgIpc) is 2.99. The van der Waals surface area contributed by atoms with Crippen molar-refractivity contribution in [3.8, 4) is 11.5 Å². The zero-order valence-corrected chi connectivity index (χ0v) is 20.4. The van der Waals surface area contributed by atoms with E-state index >= 15 is 0 Å². The van der Waals surface area contributed by atoms with E-state index in [1.807, 2.05) is 38.1 Å². The van der Waals surface area contributed by atoms with Gasteiger partial charge in [-0.25, -0.2) is 9.80 Å². The Morgan fingerprint density at radius 2 is 1.88 bits per heavy atom. The summed E-state index contributed by atoms with van der Waals surface area (Å²) in [6, 6.07) is 11.8. The number of hydrazone groups is 1. The molecule has 0 aliphatic carbocycles. The van der Waals surface area contributed by atoms with Crippen LogP contribution >= 0.6 is 0 Å². The first-order valence-electron chi connectivity index (χ1n) is 11.9. The van der Waals surface area contributed by atoms with Crippen molar-refractivity contribution in [2.24, 2.45) is 5.10 Å². The molecule has 0 bridgehead atoms. The van der Waals surface area contributed by atoms with Crippen LogP contribution in [-0.4, -0.2) is 67.9 Å². The molecule has 0 aromatic heterocycles. The Labute approximate surface area is 201 Å². The Balaban J connectivity index is 1.78. The van der Waals surface area contributed by atoms with E-state index in [1.165, 1.54) is 5.01 Å². The SMILES string of the molecule is CCOc1cc2c(cc1OC)CC(C)N(C(=O)NC)N=C2c1ccc(N2CCC(O)CC2)cc1. The van der Waals surface area contributed by atoms with E-state index in [0.29, 0.717) is 30.2 Å². The highest BCUT2D eigenvalue weighted by molar-refractivity contribution is 6.14. The van der Waals surface area contributed by atoms with E-state index in [0.717, 1.165) is 48.3 Å². The van der Waals surface area contributed by atoms with Crippen LogP contribution < -0.4 is 19.7 Å². The van der Waals surface area contributed by atoms with Gasteiger partial charge in [0, 0.05) is 37.0 Å². The van der Waals surface area contributed by atoms with Crippen LogP contribution in [0.5, 0.6) is 11.5 Å². The molecule has 2 aromatic rings. The molecule has 1 atom stereocenters. The van der Waals surface area contributed by atoms with Crippen molar-refractivity contribution < 1.29 is 19.4 Å². The highest BCUT2D eigenvalue weighted by atomic mass is 16.5. The lowest BCUT2D eigenvalue weighted by Gasteiger charge is -2.31. The summed E-state index contributed by atoms with van der Waals surface area (Å²) >= 11 is 0. The minimum absolute atomic E-state index is 0.141. The maximum absolute atomic E-state index is 12.7. The molecule has 8 heteroatoms. The van der Waals surface area contributed by atoms with Crippen molar-refractivity contribution >= 4 is 17.4 Å². The first-order valence-corrected chi connectivity index (χ1v) is 11.9. The van der Waals surface area contributed by atoms with E-state index < -0.39 is 0 Å². The molecule has 34 heavy (non-hydrogen) atoms. The topological polar surface area (TPSA) is 86.6 Å². The predicted octanol–water partition coefficient (Wildman–Crippen LogP) is 3.39. The molecule has 0 radical (unpaired) electrons. The van der Waals surface area contributed by atoms with Gasteiger partial charge in [0.1, 0.15) is 0 Å². The number of benzene rings is 2. The summed E-state index contributed by atoms with van der Waals surface area (Å²) in [4.78, 5) is 15.0. The Morgan fingerprint density at radius 3 is 2.50 bits per heavy atom. The summed E-state index contributed by atoms with van der Waals surface area (Å²) in [5, 5.41) is 18.9. The Kier molecular flexibility index (Phi) is 7.26. The van der Waals surface area contributed by atoms with Gasteiger partial charge in [-0.1, -0.05) is 12.1 Å². The second kappa shape index (κ2) is 10.3. The first kappa shape index (κ1) is 23.9. The molecule has 2 amide bonds. The molecule has 2 N–H and O–H groups in total. The van der Waals surface area contributed by atoms with Crippen LogP contribution in [0.4, 0.5) is 10.5 Å². The van der Waals surface area contributed by atoms with Crippen LogP contribution in [-0.2, 0) is 6.42 Å². The van der Waals surface area contributed by atoms with Crippen molar-refractivity contribution in [1.29, 1.82) is 0 Å². The van der Waals surface area contributed by atoms with E-state index in [2.05, 4.69) is 22.3 Å². The summed E-state index contributed by atoms with van der Waals surface area (Å²) in [5.41, 5.74) is 4.72. The Morgan fingerprint density at radius 1 is 1.18 bits per heavy atom. The zero-order chi connectivity index (χ0) is 24.2. The number of amides is 2. The minimum Gasteiger partial charge on any atom is -0.493 e. The van der Waals surface area contributed by atoms with Gasteiger partial charge in [0.2, 0.25) is 0 Å². The smallest absolute Gasteiger partial charge is 0.337 e. The summed E-state index contributed by atoms with van der Waals surface area (Å²) < 4.78 is 11.4. The third kappa shape index (κ3) is 4.82. The van der Waals surface area contributed by atoms with Gasteiger partial charge in [-0.2, -0.15) is 5.10 Å². The van der Waals surface area contributed by atoms with Gasteiger partial charge >= 0.3 is 6.03 Å². The summed E-state index contributed by atoms with van der Waals surface area (Å²) in [6.45, 7) is 6.12. The van der Waals surface area contributed by atoms with Crippen molar-refractivity contribution in [3.63, 3.8) is 0 Å². The van der Waals surface area contributed by atoms with Crippen LogP contribution in [0.25, 0.3) is 0 Å². The van der Waals surface area contributed by atoms with Gasteiger partial charge < -0.3 is 24.8 Å². The maximum atomic E-state index is 12.7. The molecule has 4 rings (SSSR count). The second-order valence-corrected chi connectivity index (χ2v) is 8.76. The number of fused-ring (bicyclic) bond motifs is 1. The summed E-state index contributed by atoms with van der Waals surface area (Å²) in [5.74, 6) is 1.32. The van der Waals surface area contributed by atoms with Gasteiger partial charge in [0.05, 0.1) is 31.6 Å². The maximum Gasteiger partial charge on any atom is 0.337 e. The average molecular weight is 467 g/mol. The van der Waals surface area contributed by atoms with E-state index in [9.17, 15) is 9.90 Å². The highest BCUT2D eigenvalue weighted by Crippen LogP contribution is 2.35. The molecule has 0 spiro atoms. The predicted molar refractivity (Wildman–Crippen MR) is 133 cm³/mol. The lowest BCUT2D eigenvalue weighted by Crippen LogP contribution is -2.41. The molecule has 2 aromatic carbocycles. The molecule has 1 fully saturated rings. The number of aliphatic hydroxyl groups is 1. The monoisotopic (exact) mass is 466 g/mol. The van der Waals surface area contributed by atoms with Crippen molar-refractivity contribution in [2.45, 2.75) is 45.3 Å². The molecule has 8 nitrogen and oxygen atoms in total. The van der Waals surface area contributed by atoms with Crippen LogP contribution in [0.3, 0.4) is 0 Å². The minimum atomic E-state index is -0.252. The summed E-state index contributed by atoms with van der Waals surface area (Å²) in [6.07, 6.45) is 1.99. The number of hydrogen-bond acceptors (Lipinski definition) is 6. The molecule has 2 aliphatic heterocycles. The van der Waals surface area contributed by atoms with Gasteiger partial charge in [-0.05, 0) is 62.9 Å². The second-order valence-electron chi connectivity index (χ2n) is 8.76. The number of piperidine rings is 1. The number of urea groups is 1. The number of carbonyl (C=O) groups is 1. The first-order chi connectivity index (χ1) is 16.4. The fourth-order valence-corrected chi connectivity index (χ4v) is 4.61. The fraction of sp³-hybridized carbons (Fsp3) is 0.462. The van der Waals surface area contributed by atoms with E-state index in [-0.39, 0.29) is 18.2 Å². The number of methoxy groups -OCH3 is 1. The zero-order valence-electron chi connectivity index (χ0n) is 20.4. The van der Waals surface area contributed by atoms with Gasteiger partial charge in [-0.15, -0.1) is 0 Å². The number of aliphatic hydroxyl groups excluding tert-OH is 1. The van der Waals surface area contributed by atoms with Crippen LogP contribution in [0.1, 0.15) is 43.4 Å². The van der Waals surface area contributed by atoms with Crippen molar-refractivity contribution in [2.75, 3.05) is 38.8 Å². The molecule has 182 valence electrons. The number of ether oxygens (including phenoxy) is 2. The number of nitrogens with zero attached hydrogens (tertiary/aromatic N) is 3. The third-order valence-electron chi connectivity index (χ3n) is 6.48. The number of hydrogen-bond donors (Lipinski definition) is 2. The number of nitrogens with one attached hydrogen (secondary N) is 1. The largest absolute Gasteiger partial charge is 0.493 e. The van der Waals surface area contributed by atoms with Crippen molar-refractivity contribution in [1.82, 2.24) is 10.3 Å². The van der Waals surface area contributed by atoms with Gasteiger partial charge in [-0.3, -0.25) is 0 Å². The lowest BCUT2D eigenvalue weighted by atomic mass is 9.93. The molecular weight excluding hydrogens is 432 g/mol. The Bertz CT molecular complexity index is 1050. The van der Waals surface area contributed by atoms with Gasteiger partial charge in [0.25, 0.3) is 0 Å². The number of anilines is 1. The lowest BCUT2D eigenvalue weighted by molar-refractivity contribution is 0.145. The summed E-state index contributed by atoms with van der Waals surface area (Å²) in [7, 11) is 3.25. The van der Waals surface area contributed by atoms with Gasteiger partial charge in [0.15, 0.2) is 11.5 Å². The highest BCUT2D eigenvalue weighted by Gasteiger charge is 2.28. The molecule has 1 unspecified atom stereocenters. The molecule has 0 saturated carbocycles. The molecule has 2 heterocycles. The van der Waals surface area contributed by atoms with E-state index in [4.69, 9.17) is 14.6 Å². The molecular formula is C26H34N4O4. The third-order valence-corrected chi connectivity index (χ3v) is 6.48. The normalized spacial score (nSPS) is 18.6. The standard InChI is InChI=1S/C26H34N4O4/c1-5-34-24-16-22-19(15-23(24)33-4)14-17(2)30(26(32)27-3)28-25(22)18-6-8-20(9-7-18)29-12-10-21(31)11-13-29/h6-9,15-17,21,31H,5,10-14H2,1-4H3,(H,27,32). The van der Waals surface area contributed by atoms with Crippen molar-refractivity contribution in [3.05, 3.63) is 53.1 Å². The quantitative estimate of drug-likeness (QED) is 0.706. The van der Waals surface area contributed by atoms with Crippen LogP contribution in [0.15, 0.2) is 41.5 Å². The van der Waals surface area contributed by atoms with E-state index in [1.54, 1.807) is 14.2 Å². The Hall–Kier alpha value is -3.26. The molecule has 2 aliphatic rings. The number of rotatable bonds is 5.